The van der Waals surface area contributed by atoms with Crippen LogP contribution in [0.15, 0.2) is 21.2 Å². The van der Waals surface area contributed by atoms with Crippen LogP contribution in [0.2, 0.25) is 11.1 Å². The van der Waals surface area contributed by atoms with Gasteiger partial charge in [-0.1, -0.05) is 27.7 Å². The molecule has 0 unspecified atom stereocenters. The van der Waals surface area contributed by atoms with Crippen LogP contribution >= 0.6 is 15.9 Å². The molecule has 0 amide bonds. The first kappa shape index (κ1) is 15.0. The maximum atomic E-state index is 6.38. The molecular formula is C13H23BrO2Si. The van der Waals surface area contributed by atoms with Crippen molar-refractivity contribution >= 4 is 29.6 Å². The number of halogens is 1. The molecule has 17 heavy (non-hydrogen) atoms. The van der Waals surface area contributed by atoms with E-state index in [0.717, 1.165) is 9.86 Å². The number of furan rings is 1. The summed E-state index contributed by atoms with van der Waals surface area (Å²) >= 11 is 3.46. The fourth-order valence-electron chi connectivity index (χ4n) is 2.47. The van der Waals surface area contributed by atoms with E-state index in [1.54, 1.807) is 6.26 Å². The molecule has 0 atom stereocenters. The Labute approximate surface area is 114 Å². The summed E-state index contributed by atoms with van der Waals surface area (Å²) in [6.07, 6.45) is 1.99. The summed E-state index contributed by atoms with van der Waals surface area (Å²) in [7, 11) is -2.07. The molecule has 1 heterocycles. The predicted molar refractivity (Wildman–Crippen MR) is 78.2 cm³/mol. The molecular weight excluding hydrogens is 296 g/mol. The zero-order valence-corrected chi connectivity index (χ0v) is 14.2. The van der Waals surface area contributed by atoms with Gasteiger partial charge in [0.1, 0.15) is 11.6 Å². The normalized spacial score (nSPS) is 13.1. The Morgan fingerprint density at radius 1 is 1.12 bits per heavy atom. The smallest absolute Gasteiger partial charge is 0.269 e. The molecule has 0 aliphatic carbocycles. The minimum atomic E-state index is -2.07. The second-order valence-electron chi connectivity index (χ2n) is 5.40. The van der Waals surface area contributed by atoms with Gasteiger partial charge in [-0.05, 0) is 46.9 Å². The highest BCUT2D eigenvalue weighted by molar-refractivity contribution is 9.10. The molecule has 0 aliphatic heterocycles. The summed E-state index contributed by atoms with van der Waals surface area (Å²) in [6, 6.07) is 2.08. The van der Waals surface area contributed by atoms with E-state index in [-0.39, 0.29) is 6.10 Å². The van der Waals surface area contributed by atoms with Crippen molar-refractivity contribution in [2.24, 2.45) is 0 Å². The van der Waals surface area contributed by atoms with Gasteiger partial charge >= 0.3 is 0 Å². The van der Waals surface area contributed by atoms with Crippen molar-refractivity contribution in [3.8, 4) is 0 Å². The molecule has 1 aromatic heterocycles. The maximum Gasteiger partial charge on any atom is 0.269 e. The summed E-state index contributed by atoms with van der Waals surface area (Å²) < 4.78 is 13.1. The number of rotatable bonds is 5. The molecule has 4 heteroatoms. The van der Waals surface area contributed by atoms with E-state index in [1.807, 2.05) is 0 Å². The van der Waals surface area contributed by atoms with E-state index < -0.39 is 8.32 Å². The number of hydrogen-bond acceptors (Lipinski definition) is 2. The zero-order valence-electron chi connectivity index (χ0n) is 11.6. The van der Waals surface area contributed by atoms with Gasteiger partial charge < -0.3 is 8.84 Å². The Morgan fingerprint density at radius 2 is 1.65 bits per heavy atom. The lowest BCUT2D eigenvalue weighted by Crippen LogP contribution is -2.56. The lowest BCUT2D eigenvalue weighted by Gasteiger charge is -2.38. The van der Waals surface area contributed by atoms with Crippen LogP contribution in [0.4, 0.5) is 0 Å². The van der Waals surface area contributed by atoms with Gasteiger partial charge in [0, 0.05) is 6.10 Å². The molecule has 0 radical (unpaired) electrons. The molecule has 0 saturated heterocycles. The Morgan fingerprint density at radius 3 is 1.94 bits per heavy atom. The molecule has 1 aromatic rings. The van der Waals surface area contributed by atoms with E-state index in [9.17, 15) is 0 Å². The molecule has 98 valence electrons. The first-order chi connectivity index (χ1) is 7.80. The van der Waals surface area contributed by atoms with Crippen molar-refractivity contribution in [2.45, 2.75) is 58.7 Å². The molecule has 0 saturated carbocycles. The van der Waals surface area contributed by atoms with Gasteiger partial charge in [0.25, 0.3) is 8.32 Å². The monoisotopic (exact) mass is 318 g/mol. The Hall–Kier alpha value is -0.0631. The van der Waals surface area contributed by atoms with Gasteiger partial charge in [-0.25, -0.2) is 0 Å². The Kier molecular flexibility index (Phi) is 5.04. The Bertz CT molecular complexity index is 350. The van der Waals surface area contributed by atoms with Gasteiger partial charge in [-0.3, -0.25) is 0 Å². The van der Waals surface area contributed by atoms with Crippen LogP contribution < -0.4 is 5.38 Å². The fraction of sp³-hybridized carbons (Fsp3) is 0.692. The summed E-state index contributed by atoms with van der Waals surface area (Å²) in [5, 5.41) is 1.04. The van der Waals surface area contributed by atoms with Crippen molar-refractivity contribution in [3.63, 3.8) is 0 Å². The van der Waals surface area contributed by atoms with Crippen LogP contribution in [0.3, 0.4) is 0 Å². The van der Waals surface area contributed by atoms with Gasteiger partial charge in [-0.15, -0.1) is 0 Å². The lowest BCUT2D eigenvalue weighted by molar-refractivity contribution is 0.219. The van der Waals surface area contributed by atoms with Crippen LogP contribution in [0.5, 0.6) is 0 Å². The largest absolute Gasteiger partial charge is 0.470 e. The van der Waals surface area contributed by atoms with Crippen LogP contribution in [0.1, 0.15) is 41.5 Å². The van der Waals surface area contributed by atoms with E-state index >= 15 is 0 Å². The average Bonchev–Trinajstić information content (AvgIpc) is 2.59. The third kappa shape index (κ3) is 3.03. The third-order valence-corrected chi connectivity index (χ3v) is 8.84. The van der Waals surface area contributed by atoms with Gasteiger partial charge in [0.15, 0.2) is 0 Å². The highest BCUT2D eigenvalue weighted by Gasteiger charge is 2.47. The molecule has 2 nitrogen and oxygen atoms in total. The summed E-state index contributed by atoms with van der Waals surface area (Å²) in [5.41, 5.74) is 0.978. The van der Waals surface area contributed by atoms with Crippen LogP contribution in [0.25, 0.3) is 0 Å². The molecule has 0 bridgehead atoms. The van der Waals surface area contributed by atoms with E-state index in [2.05, 4.69) is 63.5 Å². The quantitative estimate of drug-likeness (QED) is 0.749. The standard InChI is InChI=1S/C13H23BrO2Si/c1-9(2)16-17(10(3)4,11(5)6)13-7-12(14)8-15-13/h7-11H,1-6H3. The second kappa shape index (κ2) is 5.72. The highest BCUT2D eigenvalue weighted by atomic mass is 79.9. The van der Waals surface area contributed by atoms with Crippen molar-refractivity contribution in [1.29, 1.82) is 0 Å². The molecule has 0 aromatic carbocycles. The third-order valence-electron chi connectivity index (χ3n) is 3.10. The van der Waals surface area contributed by atoms with E-state index in [0.29, 0.717) is 11.1 Å². The average molecular weight is 319 g/mol. The van der Waals surface area contributed by atoms with Crippen molar-refractivity contribution < 1.29 is 8.84 Å². The van der Waals surface area contributed by atoms with Gasteiger partial charge in [0.05, 0.1) is 4.47 Å². The summed E-state index contributed by atoms with van der Waals surface area (Å²) in [4.78, 5) is 0. The molecule has 0 fully saturated rings. The van der Waals surface area contributed by atoms with E-state index in [1.165, 1.54) is 0 Å². The van der Waals surface area contributed by atoms with E-state index in [4.69, 9.17) is 8.84 Å². The van der Waals surface area contributed by atoms with Gasteiger partial charge in [-0.2, -0.15) is 0 Å². The minimum absolute atomic E-state index is 0.232. The molecule has 1 rings (SSSR count). The molecule has 0 aliphatic rings. The second-order valence-corrected chi connectivity index (χ2v) is 10.9. The van der Waals surface area contributed by atoms with Crippen molar-refractivity contribution in [3.05, 3.63) is 16.8 Å². The topological polar surface area (TPSA) is 22.4 Å². The lowest BCUT2D eigenvalue weighted by atomic mass is 10.5. The predicted octanol–water partition coefficient (Wildman–Crippen LogP) is 4.44. The SMILES string of the molecule is CC(C)O[Si](c1cc(Br)co1)(C(C)C)C(C)C. The van der Waals surface area contributed by atoms with Gasteiger partial charge in [0.2, 0.25) is 0 Å². The molecule has 0 N–H and O–H groups in total. The van der Waals surface area contributed by atoms with Crippen molar-refractivity contribution in [2.75, 3.05) is 0 Å². The zero-order chi connectivity index (χ0) is 13.2. The summed E-state index contributed by atoms with van der Waals surface area (Å²) in [5.74, 6) is 0. The Balaban J connectivity index is 3.24. The summed E-state index contributed by atoms with van der Waals surface area (Å²) in [6.45, 7) is 13.2. The fourth-order valence-corrected chi connectivity index (χ4v) is 7.52. The first-order valence-corrected chi connectivity index (χ1v) is 9.08. The van der Waals surface area contributed by atoms with Crippen LogP contribution in [-0.4, -0.2) is 14.4 Å². The van der Waals surface area contributed by atoms with Crippen molar-refractivity contribution in [1.82, 2.24) is 0 Å². The van der Waals surface area contributed by atoms with Crippen LogP contribution in [0, 0.1) is 0 Å². The highest BCUT2D eigenvalue weighted by Crippen LogP contribution is 2.35. The maximum absolute atomic E-state index is 6.38. The minimum Gasteiger partial charge on any atom is -0.470 e. The van der Waals surface area contributed by atoms with Crippen LogP contribution in [-0.2, 0) is 4.43 Å². The molecule has 0 spiro atoms. The first-order valence-electron chi connectivity index (χ1n) is 6.23. The number of hydrogen-bond donors (Lipinski definition) is 0.